The van der Waals surface area contributed by atoms with E-state index in [9.17, 15) is 0 Å². The summed E-state index contributed by atoms with van der Waals surface area (Å²) < 4.78 is 0. The number of fused-ring (bicyclic) bond motifs is 1. The first-order chi connectivity index (χ1) is 15.5. The van der Waals surface area contributed by atoms with E-state index >= 15 is 0 Å². The molecule has 1 aliphatic carbocycles. The molecule has 0 radical (unpaired) electrons. The van der Waals surface area contributed by atoms with Crippen LogP contribution < -0.4 is 20.4 Å². The maximum absolute atomic E-state index is 4.80. The fourth-order valence-corrected chi connectivity index (χ4v) is 4.52. The summed E-state index contributed by atoms with van der Waals surface area (Å²) in [7, 11) is 8.24. The second kappa shape index (κ2) is 10.2. The number of para-hydroxylation sites is 1. The first-order valence-electron chi connectivity index (χ1n) is 11.7. The second-order valence-corrected chi connectivity index (χ2v) is 9.34. The Labute approximate surface area is 192 Å². The largest absolute Gasteiger partial charge is 0.378 e. The Morgan fingerprint density at radius 1 is 0.875 bits per heavy atom. The summed E-state index contributed by atoms with van der Waals surface area (Å²) in [6.07, 6.45) is 4.79. The van der Waals surface area contributed by atoms with Crippen molar-refractivity contribution in [1.29, 1.82) is 0 Å². The van der Waals surface area contributed by atoms with Crippen molar-refractivity contribution >= 4 is 28.4 Å². The van der Waals surface area contributed by atoms with Crippen LogP contribution in [0.25, 0.3) is 10.9 Å². The topological polar surface area (TPSA) is 56.3 Å². The van der Waals surface area contributed by atoms with Gasteiger partial charge in [0, 0.05) is 51.9 Å². The maximum atomic E-state index is 4.80. The first kappa shape index (κ1) is 22.3. The lowest BCUT2D eigenvalue weighted by Gasteiger charge is -2.29. The number of hydrogen-bond acceptors (Lipinski definition) is 6. The summed E-state index contributed by atoms with van der Waals surface area (Å²) in [5.74, 6) is 2.45. The molecular weight excluding hydrogens is 396 g/mol. The SMILES string of the molecule is CN(C)c1cccc(CNC[C@H]2CC[C@@H](Nc3nc(N(C)C)c4ccccc4n3)CC2)c1. The molecule has 4 rings (SSSR count). The van der Waals surface area contributed by atoms with Crippen LogP contribution in [0.3, 0.4) is 0 Å². The highest BCUT2D eigenvalue weighted by molar-refractivity contribution is 5.90. The van der Waals surface area contributed by atoms with Crippen molar-refractivity contribution in [3.05, 3.63) is 54.1 Å². The van der Waals surface area contributed by atoms with Gasteiger partial charge < -0.3 is 20.4 Å². The third-order valence-corrected chi connectivity index (χ3v) is 6.38. The minimum atomic E-state index is 0.444. The zero-order chi connectivity index (χ0) is 22.5. The van der Waals surface area contributed by atoms with Crippen LogP contribution in [-0.2, 0) is 6.54 Å². The van der Waals surface area contributed by atoms with Gasteiger partial charge in [-0.3, -0.25) is 0 Å². The van der Waals surface area contributed by atoms with Crippen LogP contribution in [0, 0.1) is 5.92 Å². The molecule has 1 heterocycles. The molecule has 1 saturated carbocycles. The summed E-state index contributed by atoms with van der Waals surface area (Å²) in [6, 6.07) is 17.4. The quantitative estimate of drug-likeness (QED) is 0.546. The molecule has 32 heavy (non-hydrogen) atoms. The molecule has 0 spiro atoms. The fourth-order valence-electron chi connectivity index (χ4n) is 4.52. The molecule has 0 bridgehead atoms. The third-order valence-electron chi connectivity index (χ3n) is 6.38. The lowest BCUT2D eigenvalue weighted by Crippen LogP contribution is -2.31. The molecule has 1 aliphatic rings. The Morgan fingerprint density at radius 2 is 1.66 bits per heavy atom. The molecule has 0 atom stereocenters. The Kier molecular flexibility index (Phi) is 7.10. The van der Waals surface area contributed by atoms with Crippen LogP contribution in [0.5, 0.6) is 0 Å². The van der Waals surface area contributed by atoms with Crippen LogP contribution in [0.1, 0.15) is 31.2 Å². The van der Waals surface area contributed by atoms with Gasteiger partial charge in [-0.1, -0.05) is 24.3 Å². The van der Waals surface area contributed by atoms with E-state index < -0.39 is 0 Å². The molecule has 170 valence electrons. The zero-order valence-electron chi connectivity index (χ0n) is 19.8. The predicted octanol–water partition coefficient (Wildman–Crippen LogP) is 4.52. The molecule has 2 N–H and O–H groups in total. The number of hydrogen-bond donors (Lipinski definition) is 2. The van der Waals surface area contributed by atoms with Crippen LogP contribution >= 0.6 is 0 Å². The van der Waals surface area contributed by atoms with Gasteiger partial charge in [0.2, 0.25) is 5.95 Å². The number of benzene rings is 2. The fraction of sp³-hybridized carbons (Fsp3) is 0.462. The minimum absolute atomic E-state index is 0.444. The Hall–Kier alpha value is -2.86. The molecule has 0 amide bonds. The highest BCUT2D eigenvalue weighted by Gasteiger charge is 2.22. The van der Waals surface area contributed by atoms with Crippen LogP contribution in [0.2, 0.25) is 0 Å². The molecular formula is C26H36N6. The Bertz CT molecular complexity index is 1020. The average Bonchev–Trinajstić information content (AvgIpc) is 2.80. The van der Waals surface area contributed by atoms with Gasteiger partial charge in [-0.2, -0.15) is 4.98 Å². The average molecular weight is 433 g/mol. The number of nitrogens with zero attached hydrogens (tertiary/aromatic N) is 4. The smallest absolute Gasteiger partial charge is 0.225 e. The molecule has 3 aromatic rings. The molecule has 1 aromatic heterocycles. The van der Waals surface area contributed by atoms with Gasteiger partial charge in [0.25, 0.3) is 0 Å². The van der Waals surface area contributed by atoms with E-state index in [1.165, 1.54) is 24.1 Å². The van der Waals surface area contributed by atoms with Gasteiger partial charge >= 0.3 is 0 Å². The lowest BCUT2D eigenvalue weighted by atomic mass is 9.86. The van der Waals surface area contributed by atoms with E-state index in [4.69, 9.17) is 9.97 Å². The summed E-state index contributed by atoms with van der Waals surface area (Å²) in [5.41, 5.74) is 3.59. The van der Waals surface area contributed by atoms with Crippen molar-refractivity contribution in [3.8, 4) is 0 Å². The Balaban J connectivity index is 1.28. The summed E-state index contributed by atoms with van der Waals surface area (Å²) in [5, 5.41) is 8.38. The van der Waals surface area contributed by atoms with Gasteiger partial charge in [0.1, 0.15) is 5.82 Å². The second-order valence-electron chi connectivity index (χ2n) is 9.34. The molecule has 6 nitrogen and oxygen atoms in total. The standard InChI is InChI=1S/C26H36N6/c1-31(2)22-9-7-8-20(16-22)18-27-17-19-12-14-21(15-13-19)28-26-29-24-11-6-5-10-23(24)25(30-26)32(3)4/h5-11,16,19,21,27H,12-15,17-18H2,1-4H3,(H,28,29,30)/t19-,21+. The van der Waals surface area contributed by atoms with Gasteiger partial charge in [0.05, 0.1) is 5.52 Å². The number of nitrogens with one attached hydrogen (secondary N) is 2. The summed E-state index contributed by atoms with van der Waals surface area (Å²) >= 11 is 0. The number of anilines is 3. The van der Waals surface area contributed by atoms with Gasteiger partial charge in [-0.15, -0.1) is 0 Å². The summed E-state index contributed by atoms with van der Waals surface area (Å²) in [4.78, 5) is 13.8. The van der Waals surface area contributed by atoms with Gasteiger partial charge in [0.15, 0.2) is 0 Å². The lowest BCUT2D eigenvalue weighted by molar-refractivity contribution is 0.324. The molecule has 0 saturated heterocycles. The van der Waals surface area contributed by atoms with Crippen molar-refractivity contribution in [2.45, 2.75) is 38.3 Å². The molecule has 0 aliphatic heterocycles. The predicted molar refractivity (Wildman–Crippen MR) is 136 cm³/mol. The van der Waals surface area contributed by atoms with Crippen molar-refractivity contribution < 1.29 is 0 Å². The van der Waals surface area contributed by atoms with Crippen molar-refractivity contribution in [2.24, 2.45) is 5.92 Å². The van der Waals surface area contributed by atoms with E-state index in [-0.39, 0.29) is 0 Å². The maximum Gasteiger partial charge on any atom is 0.225 e. The van der Waals surface area contributed by atoms with Crippen LogP contribution in [0.4, 0.5) is 17.5 Å². The van der Waals surface area contributed by atoms with Crippen molar-refractivity contribution in [3.63, 3.8) is 0 Å². The molecule has 1 fully saturated rings. The highest BCUT2D eigenvalue weighted by atomic mass is 15.2. The van der Waals surface area contributed by atoms with Gasteiger partial charge in [-0.25, -0.2) is 4.98 Å². The van der Waals surface area contributed by atoms with E-state index in [1.54, 1.807) is 0 Å². The van der Waals surface area contributed by atoms with Crippen LogP contribution in [-0.4, -0.2) is 50.7 Å². The van der Waals surface area contributed by atoms with Gasteiger partial charge in [-0.05, 0) is 68.0 Å². The summed E-state index contributed by atoms with van der Waals surface area (Å²) in [6.45, 7) is 2.01. The normalized spacial score (nSPS) is 18.5. The number of aromatic nitrogens is 2. The van der Waals surface area contributed by atoms with E-state index in [0.29, 0.717) is 6.04 Å². The monoisotopic (exact) mass is 432 g/mol. The molecule has 0 unspecified atom stereocenters. The van der Waals surface area contributed by atoms with Crippen molar-refractivity contribution in [2.75, 3.05) is 49.9 Å². The zero-order valence-corrected chi connectivity index (χ0v) is 19.8. The number of rotatable bonds is 8. The van der Waals surface area contributed by atoms with E-state index in [0.717, 1.165) is 54.5 Å². The van der Waals surface area contributed by atoms with Crippen molar-refractivity contribution in [1.82, 2.24) is 15.3 Å². The molecule has 6 heteroatoms. The Morgan fingerprint density at radius 3 is 2.41 bits per heavy atom. The minimum Gasteiger partial charge on any atom is -0.378 e. The first-order valence-corrected chi connectivity index (χ1v) is 11.7. The van der Waals surface area contributed by atoms with E-state index in [2.05, 4.69) is 70.9 Å². The van der Waals surface area contributed by atoms with E-state index in [1.807, 2.05) is 26.2 Å². The van der Waals surface area contributed by atoms with Crippen LogP contribution in [0.15, 0.2) is 48.5 Å². The highest BCUT2D eigenvalue weighted by Crippen LogP contribution is 2.28. The molecule has 2 aromatic carbocycles. The third kappa shape index (κ3) is 5.49.